The lowest BCUT2D eigenvalue weighted by Gasteiger charge is -2.32. The minimum Gasteiger partial charge on any atom is -0.507 e. The van der Waals surface area contributed by atoms with Gasteiger partial charge in [0.1, 0.15) is 11.5 Å². The summed E-state index contributed by atoms with van der Waals surface area (Å²) in [6, 6.07) is 3.80. The van der Waals surface area contributed by atoms with Gasteiger partial charge in [-0.15, -0.1) is 0 Å². The molecule has 2 nitrogen and oxygen atoms in total. The number of aromatic hydroxyl groups is 2. The summed E-state index contributed by atoms with van der Waals surface area (Å²) in [6.45, 7) is 8.32. The fourth-order valence-electron chi connectivity index (χ4n) is 4.56. The van der Waals surface area contributed by atoms with Crippen molar-refractivity contribution in [1.29, 1.82) is 0 Å². The fourth-order valence-corrected chi connectivity index (χ4v) is 4.56. The molecule has 2 aliphatic carbocycles. The largest absolute Gasteiger partial charge is 0.507 e. The van der Waals surface area contributed by atoms with Gasteiger partial charge < -0.3 is 10.2 Å². The second-order valence-electron chi connectivity index (χ2n) is 7.84. The van der Waals surface area contributed by atoms with E-state index in [1.807, 2.05) is 12.1 Å². The number of phenolic OH excluding ortho intramolecular Hbond substituents is 2. The van der Waals surface area contributed by atoms with Crippen LogP contribution in [0.2, 0.25) is 0 Å². The van der Waals surface area contributed by atoms with Gasteiger partial charge in [0.25, 0.3) is 0 Å². The number of phenols is 2. The molecule has 3 rings (SSSR count). The molecule has 0 bridgehead atoms. The summed E-state index contributed by atoms with van der Waals surface area (Å²) in [5.74, 6) is 1.28. The molecule has 2 N–H and O–H groups in total. The van der Waals surface area contributed by atoms with Crippen molar-refractivity contribution < 1.29 is 10.2 Å². The van der Waals surface area contributed by atoms with E-state index >= 15 is 0 Å². The average Bonchev–Trinajstić information content (AvgIpc) is 2.55. The maximum Gasteiger partial charge on any atom is 0.123 e. The van der Waals surface area contributed by atoms with Gasteiger partial charge in [-0.25, -0.2) is 0 Å². The molecule has 2 heteroatoms. The lowest BCUT2D eigenvalue weighted by atomic mass is 9.73. The summed E-state index contributed by atoms with van der Waals surface area (Å²) in [5.41, 5.74) is 4.23. The van der Waals surface area contributed by atoms with Gasteiger partial charge in [0, 0.05) is 11.5 Å². The van der Waals surface area contributed by atoms with Crippen molar-refractivity contribution in [3.05, 3.63) is 47.1 Å². The Bertz CT molecular complexity index is 627. The van der Waals surface area contributed by atoms with Gasteiger partial charge in [-0.3, -0.25) is 0 Å². The van der Waals surface area contributed by atoms with Gasteiger partial charge in [-0.05, 0) is 69.1 Å². The average molecular weight is 326 g/mol. The smallest absolute Gasteiger partial charge is 0.123 e. The first-order valence-electron chi connectivity index (χ1n) is 9.36. The van der Waals surface area contributed by atoms with Crippen LogP contribution >= 0.6 is 0 Å². The van der Waals surface area contributed by atoms with Crippen LogP contribution in [0.4, 0.5) is 0 Å². The Hall–Kier alpha value is -1.70. The number of benzene rings is 1. The van der Waals surface area contributed by atoms with E-state index in [0.29, 0.717) is 11.5 Å². The van der Waals surface area contributed by atoms with Crippen molar-refractivity contribution in [2.24, 2.45) is 5.92 Å². The van der Waals surface area contributed by atoms with E-state index in [0.717, 1.165) is 36.8 Å². The molecule has 24 heavy (non-hydrogen) atoms. The summed E-state index contributed by atoms with van der Waals surface area (Å²) in [6.07, 6.45) is 10.4. The second kappa shape index (κ2) is 7.04. The van der Waals surface area contributed by atoms with Gasteiger partial charge in [-0.2, -0.15) is 0 Å². The maximum absolute atomic E-state index is 10.7. The van der Waals surface area contributed by atoms with Crippen molar-refractivity contribution in [1.82, 2.24) is 0 Å². The first kappa shape index (κ1) is 17.1. The Labute approximate surface area is 145 Å². The Balaban J connectivity index is 1.98. The zero-order valence-electron chi connectivity index (χ0n) is 15.0. The van der Waals surface area contributed by atoms with Crippen LogP contribution < -0.4 is 0 Å². The summed E-state index contributed by atoms with van der Waals surface area (Å²) in [4.78, 5) is 0. The molecule has 0 heterocycles. The normalized spacial score (nSPS) is 25.3. The van der Waals surface area contributed by atoms with Gasteiger partial charge in [-0.1, -0.05) is 43.1 Å². The molecule has 2 atom stereocenters. The van der Waals surface area contributed by atoms with Crippen molar-refractivity contribution in [2.45, 2.75) is 70.6 Å². The van der Waals surface area contributed by atoms with Gasteiger partial charge in [0.2, 0.25) is 0 Å². The van der Waals surface area contributed by atoms with Crippen molar-refractivity contribution in [2.75, 3.05) is 0 Å². The third-order valence-corrected chi connectivity index (χ3v) is 5.95. The van der Waals surface area contributed by atoms with Gasteiger partial charge >= 0.3 is 0 Å². The number of hydrogen-bond donors (Lipinski definition) is 2. The molecule has 0 aliphatic heterocycles. The quantitative estimate of drug-likeness (QED) is 0.653. The Kier molecular flexibility index (Phi) is 5.03. The number of rotatable bonds is 3. The molecule has 0 spiro atoms. The molecule has 130 valence electrons. The van der Waals surface area contributed by atoms with E-state index in [4.69, 9.17) is 0 Å². The van der Waals surface area contributed by atoms with Crippen LogP contribution in [0.15, 0.2) is 35.9 Å². The van der Waals surface area contributed by atoms with Crippen LogP contribution in [-0.2, 0) is 0 Å². The topological polar surface area (TPSA) is 40.5 Å². The fraction of sp³-hybridized carbons (Fsp3) is 0.545. The highest BCUT2D eigenvalue weighted by Gasteiger charge is 2.30. The van der Waals surface area contributed by atoms with E-state index in [1.54, 1.807) is 0 Å². The highest BCUT2D eigenvalue weighted by Crippen LogP contribution is 2.47. The zero-order valence-corrected chi connectivity index (χ0v) is 15.0. The third kappa shape index (κ3) is 3.38. The summed E-state index contributed by atoms with van der Waals surface area (Å²) in [7, 11) is 0. The molecule has 2 aliphatic rings. The Morgan fingerprint density at radius 2 is 1.67 bits per heavy atom. The number of allylic oxidation sites excluding steroid dienone is 3. The molecule has 1 saturated carbocycles. The molecule has 0 radical (unpaired) electrons. The molecule has 0 unspecified atom stereocenters. The van der Waals surface area contributed by atoms with Crippen LogP contribution in [-0.4, -0.2) is 10.2 Å². The van der Waals surface area contributed by atoms with Crippen molar-refractivity contribution in [3.8, 4) is 11.5 Å². The molecular weight excluding hydrogens is 296 g/mol. The Morgan fingerprint density at radius 1 is 1.04 bits per heavy atom. The first-order chi connectivity index (χ1) is 11.5. The van der Waals surface area contributed by atoms with Gasteiger partial charge in [0.05, 0.1) is 0 Å². The zero-order chi connectivity index (χ0) is 17.3. The van der Waals surface area contributed by atoms with Gasteiger partial charge in [0.15, 0.2) is 0 Å². The lowest BCUT2D eigenvalue weighted by Crippen LogP contribution is -2.17. The monoisotopic (exact) mass is 326 g/mol. The third-order valence-electron chi connectivity index (χ3n) is 5.95. The van der Waals surface area contributed by atoms with Crippen LogP contribution in [0.1, 0.15) is 81.8 Å². The molecule has 0 amide bonds. The molecular formula is C22H30O2. The predicted molar refractivity (Wildman–Crippen MR) is 99.6 cm³/mol. The molecule has 0 saturated heterocycles. The van der Waals surface area contributed by atoms with E-state index < -0.39 is 0 Å². The summed E-state index contributed by atoms with van der Waals surface area (Å²) >= 11 is 0. The van der Waals surface area contributed by atoms with E-state index in [9.17, 15) is 10.2 Å². The SMILES string of the molecule is C=C(C)[C@@H]1CCC(C)=C[C@H]1c1c(O)cc(C2CCCCC2)cc1O. The van der Waals surface area contributed by atoms with Crippen LogP contribution in [0.5, 0.6) is 11.5 Å². The van der Waals surface area contributed by atoms with Crippen molar-refractivity contribution in [3.63, 3.8) is 0 Å². The highest BCUT2D eigenvalue weighted by molar-refractivity contribution is 5.52. The minimum absolute atomic E-state index is 0.0247. The van der Waals surface area contributed by atoms with Crippen LogP contribution in [0.3, 0.4) is 0 Å². The molecule has 0 aromatic heterocycles. The minimum atomic E-state index is 0.0247. The molecule has 1 aromatic rings. The first-order valence-corrected chi connectivity index (χ1v) is 9.36. The second-order valence-corrected chi connectivity index (χ2v) is 7.84. The Morgan fingerprint density at radius 3 is 2.25 bits per heavy atom. The van der Waals surface area contributed by atoms with E-state index in [-0.39, 0.29) is 23.3 Å². The number of hydrogen-bond acceptors (Lipinski definition) is 2. The standard InChI is InChI=1S/C22H30O2/c1-14(2)18-10-9-15(3)11-19(18)22-20(23)12-17(13-21(22)24)16-7-5-4-6-8-16/h11-13,16,18-19,23-24H,1,4-10H2,2-3H3/t18-,19+/m0/s1. The van der Waals surface area contributed by atoms with E-state index in [1.165, 1.54) is 24.8 Å². The molecule has 1 aromatic carbocycles. The maximum atomic E-state index is 10.7. The van der Waals surface area contributed by atoms with Crippen molar-refractivity contribution >= 4 is 0 Å². The molecule has 1 fully saturated rings. The van der Waals surface area contributed by atoms with Crippen LogP contribution in [0, 0.1) is 5.92 Å². The summed E-state index contributed by atoms with van der Waals surface area (Å²) < 4.78 is 0. The lowest BCUT2D eigenvalue weighted by molar-refractivity contribution is 0.400. The predicted octanol–water partition coefficient (Wildman–Crippen LogP) is 6.16. The van der Waals surface area contributed by atoms with E-state index in [2.05, 4.69) is 26.5 Å². The highest BCUT2D eigenvalue weighted by atomic mass is 16.3. The van der Waals surface area contributed by atoms with Crippen LogP contribution in [0.25, 0.3) is 0 Å². The summed E-state index contributed by atoms with van der Waals surface area (Å²) in [5, 5.41) is 21.4.